The molecule has 0 aliphatic rings. The van der Waals surface area contributed by atoms with Crippen LogP contribution >= 0.6 is 11.6 Å². The van der Waals surface area contributed by atoms with Crippen LogP contribution in [0.15, 0.2) is 46.9 Å². The van der Waals surface area contributed by atoms with E-state index in [9.17, 15) is 0 Å². The Morgan fingerprint density at radius 2 is 1.88 bits per heavy atom. The summed E-state index contributed by atoms with van der Waals surface area (Å²) in [6.45, 7) is 0. The van der Waals surface area contributed by atoms with Crippen LogP contribution in [0.2, 0.25) is 5.02 Å². The van der Waals surface area contributed by atoms with Gasteiger partial charge in [0.1, 0.15) is 5.52 Å². The van der Waals surface area contributed by atoms with Crippen LogP contribution in [0.5, 0.6) is 0 Å². The molecule has 2 N–H and O–H groups in total. The molecule has 0 radical (unpaired) electrons. The van der Waals surface area contributed by atoms with E-state index in [1.165, 1.54) is 0 Å². The van der Waals surface area contributed by atoms with Crippen molar-refractivity contribution < 1.29 is 4.42 Å². The van der Waals surface area contributed by atoms with Crippen molar-refractivity contribution in [3.05, 3.63) is 47.5 Å². The van der Waals surface area contributed by atoms with Gasteiger partial charge in [0.15, 0.2) is 5.58 Å². The molecule has 2 aromatic carbocycles. The Balaban J connectivity index is 2.24. The number of aromatic nitrogens is 1. The Morgan fingerprint density at radius 1 is 1.12 bits per heavy atom. The number of benzene rings is 2. The molecule has 3 nitrogen and oxygen atoms in total. The van der Waals surface area contributed by atoms with Crippen molar-refractivity contribution in [3.8, 4) is 11.5 Å². The van der Waals surface area contributed by atoms with Gasteiger partial charge in [0.2, 0.25) is 5.89 Å². The summed E-state index contributed by atoms with van der Waals surface area (Å²) in [7, 11) is 0. The molecule has 1 heterocycles. The van der Waals surface area contributed by atoms with E-state index in [1.54, 1.807) is 12.1 Å². The van der Waals surface area contributed by atoms with Crippen molar-refractivity contribution in [2.75, 3.05) is 5.73 Å². The number of nitrogens with zero attached hydrogens (tertiary/aromatic N) is 1. The van der Waals surface area contributed by atoms with E-state index >= 15 is 0 Å². The number of hydrogen-bond acceptors (Lipinski definition) is 3. The molecular formula is C13H9ClN2O. The van der Waals surface area contributed by atoms with Crippen molar-refractivity contribution in [3.63, 3.8) is 0 Å². The molecular weight excluding hydrogens is 236 g/mol. The predicted molar refractivity (Wildman–Crippen MR) is 68.9 cm³/mol. The lowest BCUT2D eigenvalue weighted by Crippen LogP contribution is -1.83. The van der Waals surface area contributed by atoms with Crippen molar-refractivity contribution in [2.24, 2.45) is 0 Å². The first-order chi connectivity index (χ1) is 8.24. The van der Waals surface area contributed by atoms with E-state index in [1.807, 2.05) is 30.3 Å². The lowest BCUT2D eigenvalue weighted by atomic mass is 10.2. The highest BCUT2D eigenvalue weighted by Crippen LogP contribution is 2.30. The summed E-state index contributed by atoms with van der Waals surface area (Å²) in [6.07, 6.45) is 0. The number of fused-ring (bicyclic) bond motifs is 1. The molecule has 0 fully saturated rings. The minimum Gasteiger partial charge on any atom is -0.435 e. The van der Waals surface area contributed by atoms with Gasteiger partial charge in [-0.3, -0.25) is 0 Å². The molecule has 84 valence electrons. The first-order valence-corrected chi connectivity index (χ1v) is 5.53. The number of oxazole rings is 1. The molecule has 3 aromatic rings. The quantitative estimate of drug-likeness (QED) is 0.664. The summed E-state index contributed by atoms with van der Waals surface area (Å²) in [5.41, 5.74) is 8.44. The molecule has 0 spiro atoms. The third kappa shape index (κ3) is 1.74. The maximum Gasteiger partial charge on any atom is 0.227 e. The first kappa shape index (κ1) is 10.2. The van der Waals surface area contributed by atoms with Gasteiger partial charge in [-0.1, -0.05) is 29.8 Å². The summed E-state index contributed by atoms with van der Waals surface area (Å²) in [4.78, 5) is 4.37. The van der Waals surface area contributed by atoms with E-state index in [2.05, 4.69) is 4.98 Å². The lowest BCUT2D eigenvalue weighted by molar-refractivity contribution is 0.620. The maximum absolute atomic E-state index is 6.05. The summed E-state index contributed by atoms with van der Waals surface area (Å²) in [5, 5.41) is 0.481. The SMILES string of the molecule is Nc1cc(Cl)c2oc(-c3ccccc3)nc2c1. The summed E-state index contributed by atoms with van der Waals surface area (Å²) >= 11 is 6.05. The van der Waals surface area contributed by atoms with Gasteiger partial charge < -0.3 is 10.2 Å². The smallest absolute Gasteiger partial charge is 0.227 e. The monoisotopic (exact) mass is 244 g/mol. The molecule has 1 aromatic heterocycles. The van der Waals surface area contributed by atoms with Crippen molar-refractivity contribution in [1.82, 2.24) is 4.98 Å². The standard InChI is InChI=1S/C13H9ClN2O/c14-10-6-9(15)7-11-12(10)17-13(16-11)8-4-2-1-3-5-8/h1-7H,15H2. The zero-order valence-corrected chi connectivity index (χ0v) is 9.61. The number of nitrogen functional groups attached to an aromatic ring is 1. The van der Waals surface area contributed by atoms with E-state index in [4.69, 9.17) is 21.8 Å². The molecule has 0 bridgehead atoms. The lowest BCUT2D eigenvalue weighted by Gasteiger charge is -1.93. The van der Waals surface area contributed by atoms with E-state index < -0.39 is 0 Å². The Morgan fingerprint density at radius 3 is 2.65 bits per heavy atom. The average Bonchev–Trinajstić information content (AvgIpc) is 2.74. The zero-order valence-electron chi connectivity index (χ0n) is 8.85. The van der Waals surface area contributed by atoms with Crippen LogP contribution in [0.25, 0.3) is 22.6 Å². The maximum atomic E-state index is 6.05. The Bertz CT molecular complexity index is 676. The second-order valence-corrected chi connectivity index (χ2v) is 4.14. The van der Waals surface area contributed by atoms with Crippen LogP contribution in [0, 0.1) is 0 Å². The van der Waals surface area contributed by atoms with Gasteiger partial charge in [-0.2, -0.15) is 0 Å². The number of hydrogen-bond donors (Lipinski definition) is 1. The van der Waals surface area contributed by atoms with Crippen LogP contribution in [-0.2, 0) is 0 Å². The summed E-state index contributed by atoms with van der Waals surface area (Å²) in [5.74, 6) is 0.549. The van der Waals surface area contributed by atoms with Gasteiger partial charge in [0.05, 0.1) is 5.02 Å². The molecule has 0 unspecified atom stereocenters. The predicted octanol–water partition coefficient (Wildman–Crippen LogP) is 3.73. The Hall–Kier alpha value is -2.00. The molecule has 4 heteroatoms. The third-order valence-corrected chi connectivity index (χ3v) is 2.77. The molecule has 0 saturated heterocycles. The van der Waals surface area contributed by atoms with E-state index in [-0.39, 0.29) is 0 Å². The van der Waals surface area contributed by atoms with Crippen molar-refractivity contribution in [2.45, 2.75) is 0 Å². The van der Waals surface area contributed by atoms with Crippen LogP contribution in [0.3, 0.4) is 0 Å². The molecule has 17 heavy (non-hydrogen) atoms. The van der Waals surface area contributed by atoms with E-state index in [0.29, 0.717) is 27.7 Å². The van der Waals surface area contributed by atoms with E-state index in [0.717, 1.165) is 5.56 Å². The Kier molecular flexibility index (Phi) is 2.27. The fourth-order valence-electron chi connectivity index (χ4n) is 1.72. The van der Waals surface area contributed by atoms with Gasteiger partial charge in [-0.25, -0.2) is 4.98 Å². The highest BCUT2D eigenvalue weighted by Gasteiger charge is 2.11. The zero-order chi connectivity index (χ0) is 11.8. The number of halogens is 1. The molecule has 3 rings (SSSR count). The first-order valence-electron chi connectivity index (χ1n) is 5.15. The summed E-state index contributed by atoms with van der Waals surface area (Å²) in [6, 6.07) is 13.1. The topological polar surface area (TPSA) is 52.0 Å². The van der Waals surface area contributed by atoms with Gasteiger partial charge in [-0.15, -0.1) is 0 Å². The minimum atomic E-state index is 0.481. The van der Waals surface area contributed by atoms with Crippen LogP contribution in [0.4, 0.5) is 5.69 Å². The van der Waals surface area contributed by atoms with Crippen LogP contribution in [-0.4, -0.2) is 4.98 Å². The highest BCUT2D eigenvalue weighted by atomic mass is 35.5. The number of anilines is 1. The molecule has 0 amide bonds. The van der Waals surface area contributed by atoms with Crippen LogP contribution in [0.1, 0.15) is 0 Å². The second-order valence-electron chi connectivity index (χ2n) is 3.74. The normalized spacial score (nSPS) is 10.9. The van der Waals surface area contributed by atoms with Crippen molar-refractivity contribution in [1.29, 1.82) is 0 Å². The van der Waals surface area contributed by atoms with Gasteiger partial charge in [-0.05, 0) is 24.3 Å². The fraction of sp³-hybridized carbons (Fsp3) is 0. The Labute approximate surface area is 103 Å². The number of rotatable bonds is 1. The molecule has 0 aliphatic heterocycles. The summed E-state index contributed by atoms with van der Waals surface area (Å²) < 4.78 is 5.64. The van der Waals surface area contributed by atoms with Crippen molar-refractivity contribution >= 4 is 28.4 Å². The third-order valence-electron chi connectivity index (χ3n) is 2.49. The average molecular weight is 245 g/mol. The largest absolute Gasteiger partial charge is 0.435 e. The van der Waals surface area contributed by atoms with Gasteiger partial charge in [0.25, 0.3) is 0 Å². The molecule has 0 saturated carbocycles. The molecule has 0 atom stereocenters. The highest BCUT2D eigenvalue weighted by molar-refractivity contribution is 6.35. The molecule has 0 aliphatic carbocycles. The fourth-order valence-corrected chi connectivity index (χ4v) is 1.98. The van der Waals surface area contributed by atoms with Gasteiger partial charge >= 0.3 is 0 Å². The van der Waals surface area contributed by atoms with Crippen LogP contribution < -0.4 is 5.73 Å². The minimum absolute atomic E-state index is 0.481. The number of nitrogens with two attached hydrogens (primary N) is 1. The van der Waals surface area contributed by atoms with Gasteiger partial charge in [0, 0.05) is 11.3 Å². The second kappa shape index (κ2) is 3.79.